The van der Waals surface area contributed by atoms with Crippen molar-refractivity contribution in [3.05, 3.63) is 0 Å². The molecule has 0 aromatic carbocycles. The number of alkyl halides is 1. The molecule has 0 saturated carbocycles. The number of rotatable bonds is 11. The quantitative estimate of drug-likeness (QED) is 0.528. The van der Waals surface area contributed by atoms with E-state index in [0.717, 1.165) is 12.8 Å². The minimum absolute atomic E-state index is 0. The van der Waals surface area contributed by atoms with Crippen LogP contribution in [0.3, 0.4) is 0 Å². The third-order valence-corrected chi connectivity index (χ3v) is 1.74. The fraction of sp³-hybridized carbons (Fsp3) is 1.00. The van der Waals surface area contributed by atoms with Gasteiger partial charge < -0.3 is 14.2 Å². The summed E-state index contributed by atoms with van der Waals surface area (Å²) in [4.78, 5) is 0. The van der Waals surface area contributed by atoms with E-state index in [1.54, 1.807) is 0 Å². The van der Waals surface area contributed by atoms with Crippen molar-refractivity contribution in [1.82, 2.24) is 0 Å². The van der Waals surface area contributed by atoms with E-state index >= 15 is 0 Å². The van der Waals surface area contributed by atoms with Crippen LogP contribution < -0.4 is 0 Å². The lowest BCUT2D eigenvalue weighted by Gasteiger charge is -2.17. The standard InChI is InChI=1S/C11H23FO3.2CH4/c1-3-6-13-9-11(15-8-5-12)10-14-7-4-2;;/h11H,3-10H2,1-2H3;2*1H4. The zero-order valence-electron chi connectivity index (χ0n) is 9.84. The average Bonchev–Trinajstić information content (AvgIpc) is 2.25. The second-order valence-corrected chi connectivity index (χ2v) is 3.33. The van der Waals surface area contributed by atoms with Gasteiger partial charge in [0.15, 0.2) is 0 Å². The van der Waals surface area contributed by atoms with E-state index < -0.39 is 6.67 Å². The zero-order valence-corrected chi connectivity index (χ0v) is 9.84. The summed E-state index contributed by atoms with van der Waals surface area (Å²) >= 11 is 0. The molecule has 0 saturated heterocycles. The molecule has 0 fully saturated rings. The lowest BCUT2D eigenvalue weighted by atomic mass is 10.4. The number of hydrogen-bond donors (Lipinski definition) is 0. The van der Waals surface area contributed by atoms with Crippen molar-refractivity contribution < 1.29 is 18.6 Å². The van der Waals surface area contributed by atoms with Crippen molar-refractivity contribution in [2.45, 2.75) is 47.6 Å². The summed E-state index contributed by atoms with van der Waals surface area (Å²) in [6.07, 6.45) is 1.82. The molecule has 0 atom stereocenters. The molecule has 0 aromatic heterocycles. The Balaban J connectivity index is -0.000000980. The summed E-state index contributed by atoms with van der Waals surface area (Å²) in [7, 11) is 0. The van der Waals surface area contributed by atoms with Crippen LogP contribution in [0.2, 0.25) is 0 Å². The first-order chi connectivity index (χ1) is 7.35. The van der Waals surface area contributed by atoms with Crippen LogP contribution in [0.4, 0.5) is 4.39 Å². The Morgan fingerprint density at radius 1 is 0.882 bits per heavy atom. The summed E-state index contributed by atoms with van der Waals surface area (Å²) < 4.78 is 27.9. The predicted octanol–water partition coefficient (Wildman–Crippen LogP) is 3.47. The van der Waals surface area contributed by atoms with E-state index in [4.69, 9.17) is 14.2 Å². The van der Waals surface area contributed by atoms with Gasteiger partial charge in [-0.25, -0.2) is 4.39 Å². The van der Waals surface area contributed by atoms with Crippen molar-refractivity contribution in [3.63, 3.8) is 0 Å². The van der Waals surface area contributed by atoms with Crippen molar-refractivity contribution in [1.29, 1.82) is 0 Å². The molecule has 0 unspecified atom stereocenters. The Hall–Kier alpha value is -0.190. The Morgan fingerprint density at radius 3 is 1.71 bits per heavy atom. The number of halogens is 1. The van der Waals surface area contributed by atoms with Crippen LogP contribution >= 0.6 is 0 Å². The Bertz CT molecular complexity index is 113. The third kappa shape index (κ3) is 15.8. The number of hydrogen-bond acceptors (Lipinski definition) is 3. The summed E-state index contributed by atoms with van der Waals surface area (Å²) in [6.45, 7) is 6.14. The molecular weight excluding hydrogens is 223 g/mol. The monoisotopic (exact) mass is 254 g/mol. The minimum Gasteiger partial charge on any atom is -0.379 e. The smallest absolute Gasteiger partial charge is 0.113 e. The topological polar surface area (TPSA) is 27.7 Å². The van der Waals surface area contributed by atoms with Crippen molar-refractivity contribution in [2.24, 2.45) is 0 Å². The van der Waals surface area contributed by atoms with Gasteiger partial charge in [-0.3, -0.25) is 0 Å². The van der Waals surface area contributed by atoms with Crippen LogP contribution in [0.1, 0.15) is 41.5 Å². The van der Waals surface area contributed by atoms with Gasteiger partial charge in [-0.1, -0.05) is 28.7 Å². The molecule has 0 heterocycles. The fourth-order valence-electron chi connectivity index (χ4n) is 1.07. The van der Waals surface area contributed by atoms with Gasteiger partial charge >= 0.3 is 0 Å². The van der Waals surface area contributed by atoms with Crippen molar-refractivity contribution in [2.75, 3.05) is 39.7 Å². The second kappa shape index (κ2) is 18.2. The van der Waals surface area contributed by atoms with Crippen LogP contribution in [0.5, 0.6) is 0 Å². The van der Waals surface area contributed by atoms with Crippen molar-refractivity contribution in [3.8, 4) is 0 Å². The maximum absolute atomic E-state index is 11.9. The van der Waals surface area contributed by atoms with Crippen LogP contribution in [-0.2, 0) is 14.2 Å². The molecule has 108 valence electrons. The summed E-state index contributed by atoms with van der Waals surface area (Å²) in [5.41, 5.74) is 0. The van der Waals surface area contributed by atoms with Gasteiger partial charge in [-0.05, 0) is 12.8 Å². The van der Waals surface area contributed by atoms with E-state index in [1.165, 1.54) is 0 Å². The molecule has 0 aliphatic rings. The highest BCUT2D eigenvalue weighted by molar-refractivity contribution is 4.55. The highest BCUT2D eigenvalue weighted by Crippen LogP contribution is 1.97. The molecule has 0 aliphatic carbocycles. The first-order valence-corrected chi connectivity index (χ1v) is 5.68. The Kier molecular flexibility index (Phi) is 23.6. The van der Waals surface area contributed by atoms with Gasteiger partial charge in [0.05, 0.1) is 19.8 Å². The molecule has 17 heavy (non-hydrogen) atoms. The first kappa shape index (κ1) is 22.0. The van der Waals surface area contributed by atoms with Gasteiger partial charge in [0.2, 0.25) is 0 Å². The third-order valence-electron chi connectivity index (χ3n) is 1.74. The van der Waals surface area contributed by atoms with Gasteiger partial charge in [0.1, 0.15) is 12.8 Å². The fourth-order valence-corrected chi connectivity index (χ4v) is 1.07. The normalized spacial score (nSPS) is 9.88. The van der Waals surface area contributed by atoms with E-state index in [0.29, 0.717) is 26.4 Å². The van der Waals surface area contributed by atoms with Crippen LogP contribution in [0.25, 0.3) is 0 Å². The van der Waals surface area contributed by atoms with Crippen LogP contribution in [0, 0.1) is 0 Å². The molecule has 0 rings (SSSR count). The molecule has 0 amide bonds. The summed E-state index contributed by atoms with van der Waals surface area (Å²) in [5, 5.41) is 0. The van der Waals surface area contributed by atoms with Crippen molar-refractivity contribution >= 4 is 0 Å². The zero-order chi connectivity index (χ0) is 11.4. The summed E-state index contributed by atoms with van der Waals surface area (Å²) in [6, 6.07) is 0. The van der Waals surface area contributed by atoms with E-state index in [2.05, 4.69) is 0 Å². The van der Waals surface area contributed by atoms with Gasteiger partial charge in [0.25, 0.3) is 0 Å². The first-order valence-electron chi connectivity index (χ1n) is 5.68. The second-order valence-electron chi connectivity index (χ2n) is 3.33. The average molecular weight is 254 g/mol. The maximum atomic E-state index is 11.9. The SMILES string of the molecule is C.C.CCCOCC(COCCC)OCCF. The molecule has 0 radical (unpaired) electrons. The highest BCUT2D eigenvalue weighted by Gasteiger charge is 2.09. The lowest BCUT2D eigenvalue weighted by molar-refractivity contribution is -0.0622. The predicted molar refractivity (Wildman–Crippen MR) is 71.4 cm³/mol. The van der Waals surface area contributed by atoms with E-state index in [-0.39, 0.29) is 27.6 Å². The Labute approximate surface area is 107 Å². The van der Waals surface area contributed by atoms with Gasteiger partial charge in [-0.15, -0.1) is 0 Å². The maximum Gasteiger partial charge on any atom is 0.113 e. The highest BCUT2D eigenvalue weighted by atomic mass is 19.1. The lowest BCUT2D eigenvalue weighted by Crippen LogP contribution is -2.27. The Morgan fingerprint density at radius 2 is 1.35 bits per heavy atom. The minimum atomic E-state index is -0.460. The molecule has 0 aromatic rings. The molecule has 0 aliphatic heterocycles. The molecule has 0 N–H and O–H groups in total. The molecule has 4 heteroatoms. The molecule has 3 nitrogen and oxygen atoms in total. The largest absolute Gasteiger partial charge is 0.379 e. The van der Waals surface area contributed by atoms with Crippen LogP contribution in [0.15, 0.2) is 0 Å². The van der Waals surface area contributed by atoms with E-state index in [1.807, 2.05) is 13.8 Å². The molecule has 0 spiro atoms. The van der Waals surface area contributed by atoms with E-state index in [9.17, 15) is 4.39 Å². The molecular formula is C13H31FO3. The van der Waals surface area contributed by atoms with Gasteiger partial charge in [-0.2, -0.15) is 0 Å². The number of ether oxygens (including phenoxy) is 3. The van der Waals surface area contributed by atoms with Crippen LogP contribution in [-0.4, -0.2) is 45.8 Å². The molecule has 0 bridgehead atoms. The summed E-state index contributed by atoms with van der Waals surface area (Å²) in [5.74, 6) is 0. The van der Waals surface area contributed by atoms with Gasteiger partial charge in [0, 0.05) is 13.2 Å².